The monoisotopic (exact) mass is 239 g/mol. The second-order valence-electron chi connectivity index (χ2n) is 4.16. The number of aromatic nitrogens is 1. The average Bonchev–Trinajstić information content (AvgIpc) is 2.27. The van der Waals surface area contributed by atoms with E-state index >= 15 is 0 Å². The van der Waals surface area contributed by atoms with E-state index in [9.17, 15) is 0 Å². The molecule has 1 aromatic rings. The third-order valence-corrected chi connectivity index (χ3v) is 3.36. The van der Waals surface area contributed by atoms with E-state index in [2.05, 4.69) is 23.2 Å². The molecule has 0 spiro atoms. The van der Waals surface area contributed by atoms with E-state index in [1.807, 2.05) is 31.8 Å². The lowest BCUT2D eigenvalue weighted by molar-refractivity contribution is 0.343. The first kappa shape index (κ1) is 13.3. The van der Waals surface area contributed by atoms with E-state index in [1.165, 1.54) is 0 Å². The van der Waals surface area contributed by atoms with E-state index in [4.69, 9.17) is 5.73 Å². The third kappa shape index (κ3) is 3.39. The number of anilines is 1. The summed E-state index contributed by atoms with van der Waals surface area (Å²) in [5, 5.41) is 0. The molecule has 0 amide bonds. The van der Waals surface area contributed by atoms with Crippen LogP contribution in [-0.4, -0.2) is 35.5 Å². The molecule has 0 aliphatic rings. The Balaban J connectivity index is 2.70. The maximum atomic E-state index is 6.00. The van der Waals surface area contributed by atoms with Crippen molar-refractivity contribution in [1.29, 1.82) is 0 Å². The lowest BCUT2D eigenvalue weighted by atomic mass is 10.1. The minimum absolute atomic E-state index is 0.872. The molecule has 0 radical (unpaired) electrons. The maximum absolute atomic E-state index is 6.00. The number of aryl methyl sites for hydroxylation is 1. The lowest BCUT2D eigenvalue weighted by Crippen LogP contribution is -2.22. The molecule has 1 heterocycles. The Morgan fingerprint density at radius 1 is 1.44 bits per heavy atom. The topological polar surface area (TPSA) is 42.2 Å². The zero-order valence-corrected chi connectivity index (χ0v) is 11.4. The first-order chi connectivity index (χ1) is 7.56. The quantitative estimate of drug-likeness (QED) is 0.854. The number of hydrogen-bond donors (Lipinski definition) is 1. The maximum Gasteiger partial charge on any atom is 0.0593 e. The molecule has 0 fully saturated rings. The van der Waals surface area contributed by atoms with Crippen LogP contribution in [0, 0.1) is 13.8 Å². The summed E-state index contributed by atoms with van der Waals surface area (Å²) < 4.78 is 0. The summed E-state index contributed by atoms with van der Waals surface area (Å²) in [5.41, 5.74) is 10.1. The Bertz CT molecular complexity index is 352. The van der Waals surface area contributed by atoms with Crippen LogP contribution in [0.2, 0.25) is 0 Å². The van der Waals surface area contributed by atoms with E-state index in [0.29, 0.717) is 0 Å². The number of nitrogens with zero attached hydrogens (tertiary/aromatic N) is 2. The highest BCUT2D eigenvalue weighted by Gasteiger charge is 2.08. The van der Waals surface area contributed by atoms with E-state index in [-0.39, 0.29) is 0 Å². The first-order valence-electron chi connectivity index (χ1n) is 5.44. The van der Waals surface area contributed by atoms with Crippen LogP contribution in [0.25, 0.3) is 0 Å². The number of nitrogen functional groups attached to an aromatic ring is 1. The van der Waals surface area contributed by atoms with Gasteiger partial charge in [-0.25, -0.2) is 0 Å². The fourth-order valence-corrected chi connectivity index (χ4v) is 2.03. The second kappa shape index (κ2) is 6.11. The molecule has 0 aliphatic carbocycles. The minimum atomic E-state index is 0.872. The van der Waals surface area contributed by atoms with E-state index in [1.54, 1.807) is 0 Å². The molecule has 0 bridgehead atoms. The molecule has 16 heavy (non-hydrogen) atoms. The Labute approximate surface area is 102 Å². The summed E-state index contributed by atoms with van der Waals surface area (Å²) in [6.45, 7) is 6.00. The zero-order chi connectivity index (χ0) is 12.1. The molecule has 1 aromatic heterocycles. The fourth-order valence-electron chi connectivity index (χ4n) is 1.53. The molecular weight excluding hydrogens is 218 g/mol. The van der Waals surface area contributed by atoms with Crippen LogP contribution in [0.15, 0.2) is 6.20 Å². The largest absolute Gasteiger partial charge is 0.398 e. The number of nitrogens with two attached hydrogens (primary N) is 1. The molecule has 3 nitrogen and oxygen atoms in total. The van der Waals surface area contributed by atoms with Crippen molar-refractivity contribution in [3.8, 4) is 0 Å². The molecule has 0 unspecified atom stereocenters. The molecule has 4 heteroatoms. The van der Waals surface area contributed by atoms with Crippen LogP contribution in [0.5, 0.6) is 0 Å². The van der Waals surface area contributed by atoms with E-state index in [0.717, 1.165) is 41.4 Å². The van der Waals surface area contributed by atoms with Gasteiger partial charge in [-0.05, 0) is 38.3 Å². The van der Waals surface area contributed by atoms with Gasteiger partial charge in [0.25, 0.3) is 0 Å². The highest BCUT2D eigenvalue weighted by atomic mass is 32.2. The summed E-state index contributed by atoms with van der Waals surface area (Å²) in [7, 11) is 2.12. The SMILES string of the molecule is CSCCN(C)Cc1ncc(C)c(N)c1C. The predicted octanol–water partition coefficient (Wildman–Crippen LogP) is 2.08. The van der Waals surface area contributed by atoms with Gasteiger partial charge < -0.3 is 5.73 Å². The van der Waals surface area contributed by atoms with Gasteiger partial charge in [0.2, 0.25) is 0 Å². The minimum Gasteiger partial charge on any atom is -0.398 e. The fraction of sp³-hybridized carbons (Fsp3) is 0.583. The highest BCUT2D eigenvalue weighted by molar-refractivity contribution is 7.98. The van der Waals surface area contributed by atoms with Crippen LogP contribution < -0.4 is 5.73 Å². The van der Waals surface area contributed by atoms with Gasteiger partial charge in [-0.2, -0.15) is 11.8 Å². The van der Waals surface area contributed by atoms with Crippen LogP contribution in [0.4, 0.5) is 5.69 Å². The van der Waals surface area contributed by atoms with Crippen LogP contribution in [-0.2, 0) is 6.54 Å². The summed E-state index contributed by atoms with van der Waals surface area (Å²) in [6, 6.07) is 0. The Hall–Kier alpha value is -0.740. The van der Waals surface area contributed by atoms with E-state index < -0.39 is 0 Å². The van der Waals surface area contributed by atoms with Crippen molar-refractivity contribution in [3.05, 3.63) is 23.0 Å². The van der Waals surface area contributed by atoms with Gasteiger partial charge in [0.05, 0.1) is 5.69 Å². The summed E-state index contributed by atoms with van der Waals surface area (Å²) in [4.78, 5) is 6.74. The van der Waals surface area contributed by atoms with Crippen LogP contribution in [0.3, 0.4) is 0 Å². The van der Waals surface area contributed by atoms with Crippen molar-refractivity contribution in [3.63, 3.8) is 0 Å². The number of rotatable bonds is 5. The van der Waals surface area contributed by atoms with Gasteiger partial charge >= 0.3 is 0 Å². The van der Waals surface area contributed by atoms with Crippen molar-refractivity contribution in [2.45, 2.75) is 20.4 Å². The van der Waals surface area contributed by atoms with Gasteiger partial charge in [-0.15, -0.1) is 0 Å². The first-order valence-corrected chi connectivity index (χ1v) is 6.83. The molecule has 0 saturated heterocycles. The molecule has 90 valence electrons. The van der Waals surface area contributed by atoms with Crippen LogP contribution in [0.1, 0.15) is 16.8 Å². The second-order valence-corrected chi connectivity index (χ2v) is 5.14. The summed E-state index contributed by atoms with van der Waals surface area (Å²) in [6.07, 6.45) is 3.99. The molecule has 0 atom stereocenters. The van der Waals surface area contributed by atoms with Gasteiger partial charge in [-0.3, -0.25) is 9.88 Å². The van der Waals surface area contributed by atoms with Crippen molar-refractivity contribution >= 4 is 17.4 Å². The Morgan fingerprint density at radius 2 is 2.12 bits per heavy atom. The van der Waals surface area contributed by atoms with Gasteiger partial charge in [0.15, 0.2) is 0 Å². The smallest absolute Gasteiger partial charge is 0.0593 e. The Kier molecular flexibility index (Phi) is 5.09. The van der Waals surface area contributed by atoms with Gasteiger partial charge in [-0.1, -0.05) is 0 Å². The average molecular weight is 239 g/mol. The van der Waals surface area contributed by atoms with Gasteiger partial charge in [0, 0.05) is 30.7 Å². The number of pyridine rings is 1. The number of hydrogen-bond acceptors (Lipinski definition) is 4. The van der Waals surface area contributed by atoms with Crippen molar-refractivity contribution in [1.82, 2.24) is 9.88 Å². The lowest BCUT2D eigenvalue weighted by Gasteiger charge is -2.17. The predicted molar refractivity (Wildman–Crippen MR) is 72.8 cm³/mol. The normalized spacial score (nSPS) is 11.1. The zero-order valence-electron chi connectivity index (χ0n) is 10.6. The molecule has 0 aromatic carbocycles. The number of thioether (sulfide) groups is 1. The summed E-state index contributed by atoms with van der Waals surface area (Å²) in [5.74, 6) is 1.15. The summed E-state index contributed by atoms with van der Waals surface area (Å²) >= 11 is 1.86. The molecule has 0 aliphatic heterocycles. The van der Waals surface area contributed by atoms with Crippen molar-refractivity contribution in [2.75, 3.05) is 31.3 Å². The van der Waals surface area contributed by atoms with Crippen molar-refractivity contribution < 1.29 is 0 Å². The van der Waals surface area contributed by atoms with Gasteiger partial charge in [0.1, 0.15) is 0 Å². The Morgan fingerprint density at radius 3 is 2.75 bits per heavy atom. The molecule has 0 saturated carbocycles. The third-order valence-electron chi connectivity index (χ3n) is 2.77. The highest BCUT2D eigenvalue weighted by Crippen LogP contribution is 2.18. The molecule has 1 rings (SSSR count). The van der Waals surface area contributed by atoms with Crippen molar-refractivity contribution in [2.24, 2.45) is 0 Å². The van der Waals surface area contributed by atoms with Crippen LogP contribution >= 0.6 is 11.8 Å². The standard InChI is InChI=1S/C12H21N3S/c1-9-7-14-11(10(2)12(9)13)8-15(3)5-6-16-4/h7H,5-6,8H2,1-4H3,(H2,13,14). The molecular formula is C12H21N3S. The molecule has 2 N–H and O–H groups in total.